The van der Waals surface area contributed by atoms with Crippen LogP contribution >= 0.6 is 15.9 Å². The molecular weight excluding hydrogens is 455 g/mol. The Bertz CT molecular complexity index is 1240. The third-order valence-electron chi connectivity index (χ3n) is 4.19. The number of H-pyrrole nitrogens is 1. The van der Waals surface area contributed by atoms with Crippen molar-refractivity contribution in [2.45, 2.75) is 0 Å². The minimum atomic E-state index is -0.680. The predicted molar refractivity (Wildman–Crippen MR) is 112 cm³/mol. The highest BCUT2D eigenvalue weighted by Gasteiger charge is 2.14. The van der Waals surface area contributed by atoms with Crippen LogP contribution in [0.15, 0.2) is 65.4 Å². The molecule has 1 amide bonds. The molecule has 0 saturated heterocycles. The first kappa shape index (κ1) is 19.7. The minimum Gasteiger partial charge on any atom is -0.452 e. The van der Waals surface area contributed by atoms with Gasteiger partial charge in [0.2, 0.25) is 0 Å². The van der Waals surface area contributed by atoms with E-state index in [1.165, 1.54) is 12.1 Å². The molecule has 0 unspecified atom stereocenters. The molecule has 2 N–H and O–H groups in total. The Morgan fingerprint density at radius 1 is 1.17 bits per heavy atom. The smallest absolute Gasteiger partial charge is 0.338 e. The van der Waals surface area contributed by atoms with Crippen molar-refractivity contribution in [3.63, 3.8) is 0 Å². The van der Waals surface area contributed by atoms with Crippen molar-refractivity contribution in [2.75, 3.05) is 11.9 Å². The Kier molecular flexibility index (Phi) is 5.53. The molecule has 0 aliphatic heterocycles. The number of carbonyl (C=O) groups excluding carboxylic acids is 2. The van der Waals surface area contributed by atoms with E-state index < -0.39 is 24.3 Å². The van der Waals surface area contributed by atoms with Gasteiger partial charge in [0.25, 0.3) is 5.91 Å². The standard InChI is InChI=1S/C21H14BrFN4O3/c22-14-4-6-16(15(23)9-14)25-19(28)11-30-21(29)12-3-5-17-18(8-12)27-20(26-17)13-2-1-7-24-10-13/h1-10H,11H2,(H,25,28)(H,26,27). The number of esters is 1. The van der Waals surface area contributed by atoms with E-state index in [1.807, 2.05) is 6.07 Å². The molecular formula is C21H14BrFN4O3. The van der Waals surface area contributed by atoms with Gasteiger partial charge in [-0.05, 0) is 48.5 Å². The van der Waals surface area contributed by atoms with E-state index in [2.05, 4.69) is 36.2 Å². The Hall–Kier alpha value is -3.59. The third-order valence-corrected chi connectivity index (χ3v) is 4.69. The van der Waals surface area contributed by atoms with Crippen molar-refractivity contribution < 1.29 is 18.7 Å². The molecule has 0 atom stereocenters. The maximum Gasteiger partial charge on any atom is 0.338 e. The Morgan fingerprint density at radius 3 is 2.80 bits per heavy atom. The van der Waals surface area contributed by atoms with E-state index in [-0.39, 0.29) is 11.3 Å². The normalized spacial score (nSPS) is 10.7. The molecule has 0 spiro atoms. The molecule has 0 aliphatic rings. The second kappa shape index (κ2) is 8.42. The van der Waals surface area contributed by atoms with E-state index in [0.717, 1.165) is 5.56 Å². The summed E-state index contributed by atoms with van der Waals surface area (Å²) in [5.74, 6) is -1.30. The maximum absolute atomic E-state index is 13.8. The monoisotopic (exact) mass is 468 g/mol. The zero-order valence-corrected chi connectivity index (χ0v) is 16.9. The highest BCUT2D eigenvalue weighted by molar-refractivity contribution is 9.10. The average molecular weight is 469 g/mol. The molecule has 0 saturated carbocycles. The van der Waals surface area contributed by atoms with Crippen LogP contribution in [-0.4, -0.2) is 33.4 Å². The molecule has 30 heavy (non-hydrogen) atoms. The number of aromatic amines is 1. The van der Waals surface area contributed by atoms with Crippen LogP contribution in [0, 0.1) is 5.82 Å². The van der Waals surface area contributed by atoms with E-state index >= 15 is 0 Å². The molecule has 0 radical (unpaired) electrons. The van der Waals surface area contributed by atoms with Crippen molar-refractivity contribution in [3.8, 4) is 11.4 Å². The van der Waals surface area contributed by atoms with Crippen molar-refractivity contribution in [2.24, 2.45) is 0 Å². The summed E-state index contributed by atoms with van der Waals surface area (Å²) >= 11 is 3.14. The molecule has 7 nitrogen and oxygen atoms in total. The molecule has 2 aromatic heterocycles. The van der Waals surface area contributed by atoms with Crippen LogP contribution in [0.25, 0.3) is 22.4 Å². The second-order valence-corrected chi connectivity index (χ2v) is 7.22. The number of nitrogens with one attached hydrogen (secondary N) is 2. The van der Waals surface area contributed by atoms with E-state index in [9.17, 15) is 14.0 Å². The quantitative estimate of drug-likeness (QED) is 0.425. The number of rotatable bonds is 5. The number of fused-ring (bicyclic) bond motifs is 1. The largest absolute Gasteiger partial charge is 0.452 e. The van der Waals surface area contributed by atoms with Gasteiger partial charge >= 0.3 is 5.97 Å². The number of halogens is 2. The SMILES string of the molecule is O=C(COC(=O)c1ccc2nc(-c3cccnc3)[nH]c2c1)Nc1ccc(Br)cc1F. The minimum absolute atomic E-state index is 0.000981. The van der Waals surface area contributed by atoms with Gasteiger partial charge in [-0.2, -0.15) is 0 Å². The number of benzene rings is 2. The van der Waals surface area contributed by atoms with Gasteiger partial charge in [-0.15, -0.1) is 0 Å². The van der Waals surface area contributed by atoms with Gasteiger partial charge in [0.05, 0.1) is 22.3 Å². The number of hydrogen-bond acceptors (Lipinski definition) is 5. The second-order valence-electron chi connectivity index (χ2n) is 6.31. The van der Waals surface area contributed by atoms with Crippen LogP contribution in [0.2, 0.25) is 0 Å². The van der Waals surface area contributed by atoms with Crippen molar-refractivity contribution >= 4 is 44.5 Å². The first-order valence-corrected chi connectivity index (χ1v) is 9.61. The van der Waals surface area contributed by atoms with Gasteiger partial charge in [-0.25, -0.2) is 14.2 Å². The van der Waals surface area contributed by atoms with Crippen LogP contribution in [0.3, 0.4) is 0 Å². The van der Waals surface area contributed by atoms with E-state index in [0.29, 0.717) is 21.3 Å². The number of anilines is 1. The lowest BCUT2D eigenvalue weighted by molar-refractivity contribution is -0.119. The Balaban J connectivity index is 1.42. The molecule has 0 aliphatic carbocycles. The maximum atomic E-state index is 13.8. The number of nitrogens with zero attached hydrogens (tertiary/aromatic N) is 2. The zero-order chi connectivity index (χ0) is 21.1. The van der Waals surface area contributed by atoms with Crippen LogP contribution in [0.1, 0.15) is 10.4 Å². The van der Waals surface area contributed by atoms with Crippen LogP contribution in [0.5, 0.6) is 0 Å². The highest BCUT2D eigenvalue weighted by Crippen LogP contribution is 2.21. The van der Waals surface area contributed by atoms with Crippen molar-refractivity contribution in [1.29, 1.82) is 0 Å². The molecule has 9 heteroatoms. The molecule has 0 fully saturated rings. The number of carbonyl (C=O) groups is 2. The van der Waals surface area contributed by atoms with E-state index in [4.69, 9.17) is 4.74 Å². The summed E-state index contributed by atoms with van der Waals surface area (Å²) in [5.41, 5.74) is 2.39. The lowest BCUT2D eigenvalue weighted by Crippen LogP contribution is -2.21. The van der Waals surface area contributed by atoms with E-state index in [1.54, 1.807) is 42.7 Å². The summed E-state index contributed by atoms with van der Waals surface area (Å²) in [6, 6.07) is 12.7. The highest BCUT2D eigenvalue weighted by atomic mass is 79.9. The molecule has 150 valence electrons. The molecule has 4 rings (SSSR count). The molecule has 0 bridgehead atoms. The summed E-state index contributed by atoms with van der Waals surface area (Å²) in [6.45, 7) is -0.545. The van der Waals surface area contributed by atoms with Crippen LogP contribution in [0.4, 0.5) is 10.1 Å². The lowest BCUT2D eigenvalue weighted by Gasteiger charge is -2.08. The number of aromatic nitrogens is 3. The summed E-state index contributed by atoms with van der Waals surface area (Å²) in [5, 5.41) is 2.36. The van der Waals surface area contributed by atoms with Gasteiger partial charge in [0.15, 0.2) is 6.61 Å². The first-order valence-electron chi connectivity index (χ1n) is 8.82. The number of imidazole rings is 1. The Labute approximate surface area is 178 Å². The number of ether oxygens (including phenoxy) is 1. The average Bonchev–Trinajstić information content (AvgIpc) is 3.18. The molecule has 4 aromatic rings. The van der Waals surface area contributed by atoms with Gasteiger partial charge in [0, 0.05) is 22.4 Å². The fourth-order valence-electron chi connectivity index (χ4n) is 2.77. The van der Waals surface area contributed by atoms with Crippen molar-refractivity contribution in [1.82, 2.24) is 15.0 Å². The number of pyridine rings is 1. The van der Waals surface area contributed by atoms with Gasteiger partial charge < -0.3 is 15.0 Å². The fraction of sp³-hybridized carbons (Fsp3) is 0.0476. The Morgan fingerprint density at radius 2 is 2.03 bits per heavy atom. The zero-order valence-electron chi connectivity index (χ0n) is 15.4. The predicted octanol–water partition coefficient (Wildman–Crippen LogP) is 4.32. The lowest BCUT2D eigenvalue weighted by atomic mass is 10.2. The van der Waals surface area contributed by atoms with Gasteiger partial charge in [0.1, 0.15) is 11.6 Å². The summed E-state index contributed by atoms with van der Waals surface area (Å²) in [6.07, 6.45) is 3.35. The molecule has 2 heterocycles. The van der Waals surface area contributed by atoms with Crippen molar-refractivity contribution in [3.05, 3.63) is 76.8 Å². The third kappa shape index (κ3) is 4.36. The first-order chi connectivity index (χ1) is 14.5. The number of hydrogen-bond donors (Lipinski definition) is 2. The fourth-order valence-corrected chi connectivity index (χ4v) is 3.10. The van der Waals surface area contributed by atoms with Crippen LogP contribution < -0.4 is 5.32 Å². The summed E-state index contributed by atoms with van der Waals surface area (Å²) in [7, 11) is 0. The van der Waals surface area contributed by atoms with Gasteiger partial charge in [-0.1, -0.05) is 15.9 Å². The van der Waals surface area contributed by atoms with Crippen LogP contribution in [-0.2, 0) is 9.53 Å². The molecule has 2 aromatic carbocycles. The topological polar surface area (TPSA) is 97.0 Å². The van der Waals surface area contributed by atoms with Gasteiger partial charge in [-0.3, -0.25) is 9.78 Å². The number of amides is 1. The summed E-state index contributed by atoms with van der Waals surface area (Å²) < 4.78 is 19.4. The summed E-state index contributed by atoms with van der Waals surface area (Å²) in [4.78, 5) is 35.9.